The fraction of sp³-hybridized carbons (Fsp3) is 0. The summed E-state index contributed by atoms with van der Waals surface area (Å²) in [7, 11) is 0. The predicted molar refractivity (Wildman–Crippen MR) is 486 cm³/mol. The second-order valence-corrected chi connectivity index (χ2v) is 29.8. The monoisotopic (exact) mass is 1510 g/mol. The van der Waals surface area contributed by atoms with Gasteiger partial charge in [0, 0.05) is 76.7 Å². The highest BCUT2D eigenvalue weighted by atomic mass is 15.2. The molecule has 118 heavy (non-hydrogen) atoms. The minimum absolute atomic E-state index is 0.565. The molecule has 0 N–H and O–H groups in total. The van der Waals surface area contributed by atoms with E-state index in [1.807, 2.05) is 12.1 Å². The van der Waals surface area contributed by atoms with E-state index < -0.39 is 0 Å². The summed E-state index contributed by atoms with van der Waals surface area (Å²) in [5.41, 5.74) is 26.2. The minimum Gasteiger partial charge on any atom is -0.309 e. The van der Waals surface area contributed by atoms with Gasteiger partial charge in [-0.1, -0.05) is 322 Å². The van der Waals surface area contributed by atoms with Crippen LogP contribution >= 0.6 is 0 Å². The molecule has 0 saturated carbocycles. The van der Waals surface area contributed by atoms with Crippen LogP contribution in [0.25, 0.3) is 212 Å². The zero-order valence-corrected chi connectivity index (χ0v) is 63.9. The first-order valence-electron chi connectivity index (χ1n) is 39.8. The molecule has 0 atom stereocenters. The predicted octanol–water partition coefficient (Wildman–Crippen LogP) is 27.1. The number of para-hydroxylation sites is 6. The second kappa shape index (κ2) is 29.2. The van der Waals surface area contributed by atoms with Crippen LogP contribution in [0.1, 0.15) is 0 Å². The van der Waals surface area contributed by atoms with E-state index in [9.17, 15) is 0 Å². The molecule has 0 unspecified atom stereocenters. The molecule has 552 valence electrons. The standard InChI is InChI=1S/C57H37N5.C51H33N5/c1-4-15-38(16-5-1)40-27-29-41(30-28-40)55-58-56(60-57(59-55)62-52-26-13-11-24-48(52)50-36-43(32-34-53(50)62)39-17-6-2-7-18-39)45-20-14-19-42(35-45)44-31-33-49-47-23-10-12-25-51(47)61(54(49)37-44)46-21-8-3-9-22-46;1-4-14-34(15-5-1)36-24-26-37(27-25-36)49-52-50(39-29-31-47-44(33-39)41-20-10-12-22-45(41)55(47)40-18-8-3-9-19-40)54-51(53-49)56-46-23-13-11-21-42(46)43-32-38(28-30-48(43)56)35-16-6-2-7-17-35/h1-37H;1-33H. The van der Waals surface area contributed by atoms with Gasteiger partial charge in [0.2, 0.25) is 11.9 Å². The summed E-state index contributed by atoms with van der Waals surface area (Å²) in [4.78, 5) is 31.6. The molecule has 6 aromatic heterocycles. The molecule has 0 bridgehead atoms. The van der Waals surface area contributed by atoms with Gasteiger partial charge in [-0.05, 0) is 159 Å². The molecule has 0 radical (unpaired) electrons. The summed E-state index contributed by atoms with van der Waals surface area (Å²) >= 11 is 0. The summed E-state index contributed by atoms with van der Waals surface area (Å²) in [5.74, 6) is 3.57. The molecule has 6 heterocycles. The molecular weight excluding hydrogens is 1440 g/mol. The SMILES string of the molecule is c1ccc(-c2ccc(-c3nc(-c4ccc5c(c4)c4ccccc4n5-c4ccccc4)nc(-n4c5ccccc5c5cc(-c6ccccc6)ccc54)n3)cc2)cc1.c1ccc(-c2ccc(-c3nc(-c4cccc(-c5ccc6c7ccccc7n(-c7ccccc7)c6c5)c4)nc(-n4c5ccccc5c5cc(-c6ccccc6)ccc54)n3)cc2)cc1. The molecule has 10 nitrogen and oxygen atoms in total. The average molecular weight is 1510 g/mol. The first kappa shape index (κ1) is 68.7. The zero-order chi connectivity index (χ0) is 78.0. The van der Waals surface area contributed by atoms with Gasteiger partial charge in [-0.2, -0.15) is 19.9 Å². The largest absolute Gasteiger partial charge is 0.309 e. The fourth-order valence-corrected chi connectivity index (χ4v) is 17.1. The Bertz CT molecular complexity index is 7750. The molecule has 0 spiro atoms. The maximum absolute atomic E-state index is 5.32. The summed E-state index contributed by atoms with van der Waals surface area (Å²) in [5, 5.41) is 9.34. The maximum Gasteiger partial charge on any atom is 0.238 e. The van der Waals surface area contributed by atoms with Crippen molar-refractivity contribution in [1.82, 2.24) is 48.2 Å². The van der Waals surface area contributed by atoms with Gasteiger partial charge in [0.05, 0.1) is 44.1 Å². The van der Waals surface area contributed by atoms with Crippen LogP contribution in [0.15, 0.2) is 425 Å². The van der Waals surface area contributed by atoms with E-state index in [4.69, 9.17) is 29.9 Å². The number of hydrogen-bond acceptors (Lipinski definition) is 6. The third-order valence-corrected chi connectivity index (χ3v) is 22.8. The molecule has 0 amide bonds. The Balaban J connectivity index is 0.000000143. The van der Waals surface area contributed by atoms with Crippen LogP contribution in [0, 0.1) is 0 Å². The van der Waals surface area contributed by atoms with Crippen LogP contribution < -0.4 is 0 Å². The van der Waals surface area contributed by atoms with Gasteiger partial charge in [0.15, 0.2) is 23.3 Å². The Morgan fingerprint density at radius 2 is 0.364 bits per heavy atom. The first-order valence-corrected chi connectivity index (χ1v) is 39.8. The highest BCUT2D eigenvalue weighted by Crippen LogP contribution is 2.42. The molecule has 17 aromatic carbocycles. The first-order chi connectivity index (χ1) is 58.5. The average Bonchev–Trinajstić information content (AvgIpc) is 1.57. The number of rotatable bonds is 13. The fourth-order valence-electron chi connectivity index (χ4n) is 17.1. The van der Waals surface area contributed by atoms with E-state index in [0.29, 0.717) is 35.2 Å². The molecular formula is C108H70N10. The highest BCUT2D eigenvalue weighted by Gasteiger charge is 2.24. The van der Waals surface area contributed by atoms with Gasteiger partial charge >= 0.3 is 0 Å². The quantitative estimate of drug-likeness (QED) is 0.114. The van der Waals surface area contributed by atoms with E-state index >= 15 is 0 Å². The molecule has 0 saturated heterocycles. The van der Waals surface area contributed by atoms with Gasteiger partial charge in [0.1, 0.15) is 0 Å². The van der Waals surface area contributed by atoms with Crippen LogP contribution in [0.4, 0.5) is 0 Å². The smallest absolute Gasteiger partial charge is 0.238 e. The lowest BCUT2D eigenvalue weighted by Gasteiger charge is -2.12. The normalized spacial score (nSPS) is 11.6. The van der Waals surface area contributed by atoms with Crippen molar-refractivity contribution in [2.45, 2.75) is 0 Å². The Morgan fingerprint density at radius 3 is 0.788 bits per heavy atom. The van der Waals surface area contributed by atoms with Gasteiger partial charge in [-0.15, -0.1) is 0 Å². The highest BCUT2D eigenvalue weighted by molar-refractivity contribution is 6.14. The Labute approximate surface area is 680 Å². The number of fused-ring (bicyclic) bond motifs is 12. The van der Waals surface area contributed by atoms with Crippen molar-refractivity contribution in [3.8, 4) is 124 Å². The van der Waals surface area contributed by atoms with Crippen LogP contribution in [0.5, 0.6) is 0 Å². The minimum atomic E-state index is 0.565. The molecule has 0 fully saturated rings. The van der Waals surface area contributed by atoms with Crippen molar-refractivity contribution in [1.29, 1.82) is 0 Å². The molecule has 0 aliphatic heterocycles. The Kier molecular flexibility index (Phi) is 17.0. The lowest BCUT2D eigenvalue weighted by Crippen LogP contribution is -2.06. The third kappa shape index (κ3) is 12.3. The van der Waals surface area contributed by atoms with E-state index in [2.05, 4.69) is 431 Å². The van der Waals surface area contributed by atoms with Gasteiger partial charge < -0.3 is 9.13 Å². The van der Waals surface area contributed by atoms with Gasteiger partial charge in [-0.25, -0.2) is 9.97 Å². The molecule has 10 heteroatoms. The Hall–Kier alpha value is -16.0. The molecule has 0 aliphatic carbocycles. The van der Waals surface area contributed by atoms with E-state index in [-0.39, 0.29) is 0 Å². The number of aromatic nitrogens is 10. The van der Waals surface area contributed by atoms with Crippen molar-refractivity contribution < 1.29 is 0 Å². The number of benzene rings is 17. The van der Waals surface area contributed by atoms with Crippen LogP contribution in [0.2, 0.25) is 0 Å². The summed E-state index contributed by atoms with van der Waals surface area (Å²) in [6, 6.07) is 150. The lowest BCUT2D eigenvalue weighted by molar-refractivity contribution is 0.953. The van der Waals surface area contributed by atoms with Gasteiger partial charge in [-0.3, -0.25) is 9.13 Å². The van der Waals surface area contributed by atoms with Crippen molar-refractivity contribution in [2.75, 3.05) is 0 Å². The van der Waals surface area contributed by atoms with E-state index in [1.54, 1.807) is 0 Å². The summed E-state index contributed by atoms with van der Waals surface area (Å²) in [6.45, 7) is 0. The van der Waals surface area contributed by atoms with Crippen molar-refractivity contribution >= 4 is 87.2 Å². The Morgan fingerprint density at radius 1 is 0.127 bits per heavy atom. The van der Waals surface area contributed by atoms with Crippen LogP contribution in [0.3, 0.4) is 0 Å². The lowest BCUT2D eigenvalue weighted by atomic mass is 10.0. The molecule has 23 rings (SSSR count). The van der Waals surface area contributed by atoms with E-state index in [0.717, 1.165) is 133 Å². The summed E-state index contributed by atoms with van der Waals surface area (Å²) < 4.78 is 9.06. The van der Waals surface area contributed by atoms with Gasteiger partial charge in [0.25, 0.3) is 0 Å². The maximum atomic E-state index is 5.32. The van der Waals surface area contributed by atoms with Crippen molar-refractivity contribution in [3.05, 3.63) is 425 Å². The zero-order valence-electron chi connectivity index (χ0n) is 63.9. The van der Waals surface area contributed by atoms with Crippen molar-refractivity contribution in [3.63, 3.8) is 0 Å². The molecule has 23 aromatic rings. The summed E-state index contributed by atoms with van der Waals surface area (Å²) in [6.07, 6.45) is 0. The molecule has 0 aliphatic rings. The second-order valence-electron chi connectivity index (χ2n) is 29.8. The third-order valence-electron chi connectivity index (χ3n) is 22.8. The van der Waals surface area contributed by atoms with Crippen LogP contribution in [-0.2, 0) is 0 Å². The van der Waals surface area contributed by atoms with Crippen molar-refractivity contribution in [2.24, 2.45) is 0 Å². The van der Waals surface area contributed by atoms with E-state index in [1.165, 1.54) is 43.9 Å². The van der Waals surface area contributed by atoms with Crippen LogP contribution in [-0.4, -0.2) is 48.2 Å². The topological polar surface area (TPSA) is 97.1 Å². The number of nitrogens with zero attached hydrogens (tertiary/aromatic N) is 10. The number of hydrogen-bond donors (Lipinski definition) is 0.